The fraction of sp³-hybridized carbons (Fsp3) is 0.882. The van der Waals surface area contributed by atoms with Crippen molar-refractivity contribution in [1.82, 2.24) is 0 Å². The summed E-state index contributed by atoms with van der Waals surface area (Å²) in [6.45, 7) is 3.69. The van der Waals surface area contributed by atoms with E-state index in [1.165, 1.54) is 0 Å². The summed E-state index contributed by atoms with van der Waals surface area (Å²) in [6.07, 6.45) is 3.42. The molecule has 1 aliphatic carbocycles. The quantitative estimate of drug-likeness (QED) is 0.501. The normalized spacial score (nSPS) is 35.0. The number of ether oxygens (including phenoxy) is 5. The molecule has 3 unspecified atom stereocenters. The van der Waals surface area contributed by atoms with Gasteiger partial charge in [0.1, 0.15) is 25.4 Å². The standard InChI is InChI=1S/C14H20O6.C3H7NO/c15-13(19-7-11-5-17-11)9-1-2-10(4-3-9)14(16)20-8-12-6-18-12;4-1-3-2-5-3/h9-12H,1-8H2;3H,1-2,4H2. The van der Waals surface area contributed by atoms with Crippen LogP contribution in [0.15, 0.2) is 0 Å². The van der Waals surface area contributed by atoms with Crippen LogP contribution < -0.4 is 5.73 Å². The predicted octanol–water partition coefficient (Wildman–Crippen LogP) is 0.0207. The Morgan fingerprint density at radius 2 is 1.12 bits per heavy atom. The van der Waals surface area contributed by atoms with Gasteiger partial charge in [-0.2, -0.15) is 0 Å². The zero-order valence-electron chi connectivity index (χ0n) is 14.4. The molecule has 3 heterocycles. The Bertz CT molecular complexity index is 416. The number of rotatable bonds is 7. The molecule has 4 aliphatic rings. The average Bonchev–Trinajstić information content (AvgIpc) is 3.52. The average molecular weight is 357 g/mol. The smallest absolute Gasteiger partial charge is 0.309 e. The van der Waals surface area contributed by atoms with Crippen LogP contribution in [0.2, 0.25) is 0 Å². The highest BCUT2D eigenvalue weighted by Crippen LogP contribution is 2.31. The molecule has 0 amide bonds. The van der Waals surface area contributed by atoms with E-state index < -0.39 is 0 Å². The van der Waals surface area contributed by atoms with Gasteiger partial charge in [-0.15, -0.1) is 0 Å². The highest BCUT2D eigenvalue weighted by Gasteiger charge is 2.34. The van der Waals surface area contributed by atoms with E-state index in [2.05, 4.69) is 0 Å². The van der Waals surface area contributed by atoms with E-state index in [9.17, 15) is 9.59 Å². The summed E-state index contributed by atoms with van der Waals surface area (Å²) >= 11 is 0. The van der Waals surface area contributed by atoms with Crippen LogP contribution in [0, 0.1) is 11.8 Å². The van der Waals surface area contributed by atoms with Crippen LogP contribution in [0.4, 0.5) is 0 Å². The Morgan fingerprint density at radius 3 is 1.36 bits per heavy atom. The maximum Gasteiger partial charge on any atom is 0.309 e. The van der Waals surface area contributed by atoms with Crippen LogP contribution in [-0.2, 0) is 33.3 Å². The summed E-state index contributed by atoms with van der Waals surface area (Å²) in [6, 6.07) is 0. The first-order valence-corrected chi connectivity index (χ1v) is 9.04. The number of carbonyl (C=O) groups excluding carboxylic acids is 2. The summed E-state index contributed by atoms with van der Waals surface area (Å²) in [4.78, 5) is 23.6. The summed E-state index contributed by atoms with van der Waals surface area (Å²) < 4.78 is 25.1. The third kappa shape index (κ3) is 6.89. The maximum absolute atomic E-state index is 11.8. The van der Waals surface area contributed by atoms with E-state index in [0.29, 0.717) is 64.8 Å². The molecule has 3 aliphatic heterocycles. The molecule has 4 rings (SSSR count). The molecule has 25 heavy (non-hydrogen) atoms. The molecular formula is C17H27NO7. The zero-order valence-corrected chi connectivity index (χ0v) is 14.4. The van der Waals surface area contributed by atoms with E-state index in [1.807, 2.05) is 0 Å². The van der Waals surface area contributed by atoms with Crippen molar-refractivity contribution in [2.75, 3.05) is 39.6 Å². The van der Waals surface area contributed by atoms with Crippen LogP contribution in [0.5, 0.6) is 0 Å². The second kappa shape index (κ2) is 8.93. The molecule has 142 valence electrons. The Hall–Kier alpha value is -1.22. The van der Waals surface area contributed by atoms with E-state index in [1.54, 1.807) is 0 Å². The minimum atomic E-state index is -0.154. The van der Waals surface area contributed by atoms with Gasteiger partial charge in [0, 0.05) is 6.54 Å². The van der Waals surface area contributed by atoms with Crippen molar-refractivity contribution < 1.29 is 33.3 Å². The largest absolute Gasteiger partial charge is 0.463 e. The lowest BCUT2D eigenvalue weighted by molar-refractivity contribution is -0.155. The lowest BCUT2D eigenvalue weighted by Gasteiger charge is -2.25. The van der Waals surface area contributed by atoms with Crippen molar-refractivity contribution in [3.8, 4) is 0 Å². The molecule has 0 aromatic carbocycles. The van der Waals surface area contributed by atoms with E-state index in [0.717, 1.165) is 6.61 Å². The SMILES string of the molecule is NCC1CO1.O=C(OCC1CO1)C1CCC(C(=O)OCC2CO2)CC1. The Labute approximate surface area is 147 Å². The Morgan fingerprint density at radius 1 is 0.760 bits per heavy atom. The van der Waals surface area contributed by atoms with Crippen molar-refractivity contribution >= 4 is 11.9 Å². The van der Waals surface area contributed by atoms with Crippen molar-refractivity contribution in [2.45, 2.75) is 44.0 Å². The summed E-state index contributed by atoms with van der Waals surface area (Å²) in [5, 5.41) is 0. The first-order chi connectivity index (χ1) is 12.2. The van der Waals surface area contributed by atoms with Crippen LogP contribution in [-0.4, -0.2) is 69.8 Å². The number of nitrogens with two attached hydrogens (primary N) is 1. The van der Waals surface area contributed by atoms with Gasteiger partial charge in [-0.3, -0.25) is 9.59 Å². The van der Waals surface area contributed by atoms with Gasteiger partial charge in [0.25, 0.3) is 0 Å². The topological polar surface area (TPSA) is 116 Å². The number of hydrogen-bond acceptors (Lipinski definition) is 8. The molecule has 0 aromatic rings. The molecule has 0 spiro atoms. The highest BCUT2D eigenvalue weighted by atomic mass is 16.6. The van der Waals surface area contributed by atoms with Gasteiger partial charge in [-0.05, 0) is 25.7 Å². The summed E-state index contributed by atoms with van der Waals surface area (Å²) in [7, 11) is 0. The van der Waals surface area contributed by atoms with Crippen molar-refractivity contribution in [1.29, 1.82) is 0 Å². The van der Waals surface area contributed by atoms with Gasteiger partial charge in [-0.1, -0.05) is 0 Å². The molecule has 0 bridgehead atoms. The third-order valence-corrected chi connectivity index (χ3v) is 4.69. The minimum absolute atomic E-state index is 0.0791. The first-order valence-electron chi connectivity index (χ1n) is 9.04. The molecule has 8 heteroatoms. The summed E-state index contributed by atoms with van der Waals surface area (Å²) in [5.74, 6) is -0.466. The van der Waals surface area contributed by atoms with Crippen LogP contribution in [0.1, 0.15) is 25.7 Å². The monoisotopic (exact) mass is 357 g/mol. The van der Waals surface area contributed by atoms with Crippen LogP contribution in [0.3, 0.4) is 0 Å². The lowest BCUT2D eigenvalue weighted by Crippen LogP contribution is -2.29. The zero-order chi connectivity index (χ0) is 17.6. The molecule has 8 nitrogen and oxygen atoms in total. The molecule has 0 radical (unpaired) electrons. The number of hydrogen-bond donors (Lipinski definition) is 1. The predicted molar refractivity (Wildman–Crippen MR) is 85.6 cm³/mol. The second-order valence-corrected chi connectivity index (χ2v) is 6.91. The molecule has 1 saturated carbocycles. The Kier molecular flexibility index (Phi) is 6.63. The third-order valence-electron chi connectivity index (χ3n) is 4.69. The van der Waals surface area contributed by atoms with E-state index in [4.69, 9.17) is 29.4 Å². The fourth-order valence-electron chi connectivity index (χ4n) is 2.68. The maximum atomic E-state index is 11.8. The molecule has 3 saturated heterocycles. The molecule has 0 aromatic heterocycles. The van der Waals surface area contributed by atoms with Gasteiger partial charge < -0.3 is 29.4 Å². The number of esters is 2. The first kappa shape index (κ1) is 18.6. The van der Waals surface area contributed by atoms with Gasteiger partial charge in [-0.25, -0.2) is 0 Å². The minimum Gasteiger partial charge on any atom is -0.463 e. The molecule has 3 atom stereocenters. The molecule has 2 N–H and O–H groups in total. The van der Waals surface area contributed by atoms with Gasteiger partial charge in [0.15, 0.2) is 0 Å². The molecular weight excluding hydrogens is 330 g/mol. The van der Waals surface area contributed by atoms with Gasteiger partial charge in [0.05, 0.1) is 37.8 Å². The fourth-order valence-corrected chi connectivity index (χ4v) is 2.68. The van der Waals surface area contributed by atoms with Crippen LogP contribution in [0.25, 0.3) is 0 Å². The van der Waals surface area contributed by atoms with E-state index >= 15 is 0 Å². The highest BCUT2D eigenvalue weighted by molar-refractivity contribution is 5.75. The van der Waals surface area contributed by atoms with Crippen molar-refractivity contribution in [3.05, 3.63) is 0 Å². The Balaban J connectivity index is 0.000000314. The van der Waals surface area contributed by atoms with Gasteiger partial charge >= 0.3 is 11.9 Å². The van der Waals surface area contributed by atoms with Crippen molar-refractivity contribution in [2.24, 2.45) is 17.6 Å². The lowest BCUT2D eigenvalue weighted by atomic mass is 9.82. The van der Waals surface area contributed by atoms with E-state index in [-0.39, 0.29) is 36.0 Å². The van der Waals surface area contributed by atoms with Crippen molar-refractivity contribution in [3.63, 3.8) is 0 Å². The summed E-state index contributed by atoms with van der Waals surface area (Å²) in [5.41, 5.74) is 5.11. The van der Waals surface area contributed by atoms with Gasteiger partial charge in [0.2, 0.25) is 0 Å². The molecule has 4 fully saturated rings. The second-order valence-electron chi connectivity index (χ2n) is 6.91. The van der Waals surface area contributed by atoms with Crippen LogP contribution >= 0.6 is 0 Å². The number of carbonyl (C=O) groups is 2. The number of epoxide rings is 3.